The minimum Gasteiger partial charge on any atom is -0.507 e. The summed E-state index contributed by atoms with van der Waals surface area (Å²) >= 11 is 0. The van der Waals surface area contributed by atoms with E-state index in [1.54, 1.807) is 121 Å². The second-order valence-corrected chi connectivity index (χ2v) is 16.2. The maximum Gasteiger partial charge on any atom is 0.343 e. The van der Waals surface area contributed by atoms with Crippen molar-refractivity contribution in [2.75, 3.05) is 0 Å². The fourth-order valence-corrected chi connectivity index (χ4v) is 8.02. The maximum atomic E-state index is 14.0. The molecule has 8 aromatic carbocycles. The summed E-state index contributed by atoms with van der Waals surface area (Å²) in [6.07, 6.45) is 0.00627. The zero-order valence-electron chi connectivity index (χ0n) is 36.8. The van der Waals surface area contributed by atoms with Gasteiger partial charge in [-0.1, -0.05) is 72.8 Å². The van der Waals surface area contributed by atoms with E-state index in [2.05, 4.69) is 20.5 Å². The van der Waals surface area contributed by atoms with Crippen molar-refractivity contribution in [3.05, 3.63) is 246 Å². The molecule has 0 saturated carbocycles. The highest BCUT2D eigenvalue weighted by Crippen LogP contribution is 2.42. The molecule has 0 spiro atoms. The minimum atomic E-state index is -0.657. The van der Waals surface area contributed by atoms with Gasteiger partial charge >= 0.3 is 11.9 Å². The van der Waals surface area contributed by atoms with Gasteiger partial charge in [-0.15, -0.1) is 0 Å². The highest BCUT2D eigenvalue weighted by molar-refractivity contribution is 5.92. The molecule has 2 N–H and O–H groups in total. The fourth-order valence-electron chi connectivity index (χ4n) is 8.02. The zero-order chi connectivity index (χ0) is 48.7. The van der Waals surface area contributed by atoms with Crippen LogP contribution in [0.1, 0.15) is 65.2 Å². The van der Waals surface area contributed by atoms with E-state index in [1.165, 1.54) is 48.5 Å². The number of azo groups is 2. The lowest BCUT2D eigenvalue weighted by Gasteiger charge is -2.20. The van der Waals surface area contributed by atoms with Crippen LogP contribution in [0.5, 0.6) is 23.0 Å². The Hall–Kier alpha value is -9.70. The topological polar surface area (TPSA) is 229 Å². The van der Waals surface area contributed by atoms with Crippen molar-refractivity contribution in [3.8, 4) is 23.0 Å². The molecule has 8 aromatic rings. The number of nitrogens with zero attached hydrogens (tertiary/aromatic N) is 6. The van der Waals surface area contributed by atoms with Crippen molar-refractivity contribution in [3.63, 3.8) is 0 Å². The van der Waals surface area contributed by atoms with E-state index in [1.807, 2.05) is 0 Å². The van der Waals surface area contributed by atoms with Crippen LogP contribution in [0.2, 0.25) is 0 Å². The minimum absolute atomic E-state index is 0.00157. The Morgan fingerprint density at radius 3 is 1.16 bits per heavy atom. The molecule has 0 unspecified atom stereocenters. The smallest absolute Gasteiger partial charge is 0.343 e. The summed E-state index contributed by atoms with van der Waals surface area (Å²) in [4.78, 5) is 49.6. The number of phenols is 2. The molecule has 344 valence electrons. The van der Waals surface area contributed by atoms with Crippen LogP contribution in [0, 0.1) is 20.2 Å². The van der Waals surface area contributed by atoms with Crippen LogP contribution in [0.4, 0.5) is 34.1 Å². The number of aromatic hydroxyl groups is 2. The van der Waals surface area contributed by atoms with Gasteiger partial charge in [-0.2, -0.15) is 20.5 Å². The van der Waals surface area contributed by atoms with Gasteiger partial charge in [0.05, 0.1) is 43.7 Å². The van der Waals surface area contributed by atoms with Crippen LogP contribution in [0.25, 0.3) is 0 Å². The molecule has 8 bridgehead atoms. The summed E-state index contributed by atoms with van der Waals surface area (Å²) < 4.78 is 12.6. The SMILES string of the molecule is O=C(Oc1c2cccc1Cc1cc(N=Nc3ccc([N+](=O)[O-])cc3)cc(c1OC(=O)c1ccccc1)Cc1cccc(c1O)Cc1cc(N=Nc3ccc([N+](=O)[O-])cc3)cc(c1O)C2)c1ccccc1. The number of ether oxygens (including phenoxy) is 2. The Kier molecular flexibility index (Phi) is 13.0. The monoisotopic (exact) mass is 930 g/mol. The number of esters is 2. The van der Waals surface area contributed by atoms with Crippen molar-refractivity contribution >= 4 is 46.1 Å². The number of benzene rings is 8. The number of hydrogen-bond acceptors (Lipinski definition) is 14. The van der Waals surface area contributed by atoms with Gasteiger partial charge in [-0.05, 0) is 95.1 Å². The molecule has 0 atom stereocenters. The lowest BCUT2D eigenvalue weighted by molar-refractivity contribution is -0.385. The van der Waals surface area contributed by atoms with Crippen LogP contribution in [-0.4, -0.2) is 32.0 Å². The lowest BCUT2D eigenvalue weighted by atomic mass is 9.91. The standard InChI is InChI=1S/C54H38N6O10/c61-49-35-13-7-14-36(49)26-41-31-46(58-56-44-19-23-48(24-20-44)60(67)68)32-42(52(41)70-54(64)34-11-5-2-6-12-34)28-38-16-8-15-37(51(38)69-53(63)33-9-3-1-4-10-33)27-40-30-45(29-39(25-35)50(40)62)57-55-43-17-21-47(22-18-43)59(65)66/h1-24,29-32,61-62H,25-28H2. The van der Waals surface area contributed by atoms with Crippen LogP contribution in [0.3, 0.4) is 0 Å². The van der Waals surface area contributed by atoms with Crippen molar-refractivity contribution < 1.29 is 39.1 Å². The third-order valence-corrected chi connectivity index (χ3v) is 11.5. The zero-order valence-corrected chi connectivity index (χ0v) is 36.8. The van der Waals surface area contributed by atoms with E-state index in [9.17, 15) is 40.0 Å². The summed E-state index contributed by atoms with van der Waals surface area (Å²) in [5.74, 6) is -1.17. The van der Waals surface area contributed by atoms with Crippen molar-refractivity contribution in [1.82, 2.24) is 0 Å². The summed E-state index contributed by atoms with van der Waals surface area (Å²) in [5, 5.41) is 64.4. The molecule has 1 aliphatic carbocycles. The largest absolute Gasteiger partial charge is 0.507 e. The lowest BCUT2D eigenvalue weighted by Crippen LogP contribution is -2.14. The molecule has 0 saturated heterocycles. The first-order valence-corrected chi connectivity index (χ1v) is 21.7. The average molecular weight is 931 g/mol. The fraction of sp³-hybridized carbons (Fsp3) is 0.0741. The second kappa shape index (κ2) is 20.0. The number of nitro groups is 2. The summed E-state index contributed by atoms with van der Waals surface area (Å²) in [7, 11) is 0. The Balaban J connectivity index is 1.23. The molecule has 0 fully saturated rings. The van der Waals surface area contributed by atoms with E-state index in [-0.39, 0.29) is 71.2 Å². The van der Waals surface area contributed by atoms with Gasteiger partial charge in [0.1, 0.15) is 23.0 Å². The van der Waals surface area contributed by atoms with E-state index in [0.29, 0.717) is 67.3 Å². The predicted molar refractivity (Wildman–Crippen MR) is 258 cm³/mol. The highest BCUT2D eigenvalue weighted by Gasteiger charge is 2.25. The molecule has 0 aliphatic heterocycles. The average Bonchev–Trinajstić information content (AvgIpc) is 3.37. The van der Waals surface area contributed by atoms with E-state index in [4.69, 9.17) is 9.47 Å². The number of rotatable bonds is 10. The number of non-ortho nitro benzene ring substituents is 2. The van der Waals surface area contributed by atoms with Crippen molar-refractivity contribution in [2.24, 2.45) is 20.5 Å². The number of hydrogen-bond donors (Lipinski definition) is 2. The molecule has 0 amide bonds. The van der Waals surface area contributed by atoms with E-state index < -0.39 is 21.8 Å². The molecule has 0 radical (unpaired) electrons. The number of para-hydroxylation sites is 2. The second-order valence-electron chi connectivity index (χ2n) is 16.2. The molecule has 70 heavy (non-hydrogen) atoms. The molecule has 0 aromatic heterocycles. The Labute approximate surface area is 398 Å². The quantitative estimate of drug-likeness (QED) is 0.0433. The predicted octanol–water partition coefficient (Wildman–Crippen LogP) is 12.9. The first kappa shape index (κ1) is 45.5. The number of carbonyl (C=O) groups is 2. The van der Waals surface area contributed by atoms with Gasteiger partial charge in [-0.25, -0.2) is 9.59 Å². The number of nitro benzene ring substituents is 2. The van der Waals surface area contributed by atoms with Gasteiger partial charge in [0.15, 0.2) is 0 Å². The number of fused-ring (bicyclic) bond motifs is 8. The maximum absolute atomic E-state index is 14.0. The van der Waals surface area contributed by atoms with Crippen molar-refractivity contribution in [2.45, 2.75) is 25.7 Å². The van der Waals surface area contributed by atoms with Gasteiger partial charge in [-0.3, -0.25) is 20.2 Å². The first-order valence-electron chi connectivity index (χ1n) is 21.7. The molecule has 16 heteroatoms. The van der Waals surface area contributed by atoms with Crippen LogP contribution >= 0.6 is 0 Å². The molecule has 1 aliphatic rings. The van der Waals surface area contributed by atoms with Crippen LogP contribution in [0.15, 0.2) is 190 Å². The Morgan fingerprint density at radius 1 is 0.400 bits per heavy atom. The molecule has 0 heterocycles. The Bertz CT molecular complexity index is 3380. The third kappa shape index (κ3) is 10.3. The van der Waals surface area contributed by atoms with E-state index >= 15 is 0 Å². The number of phenolic OH excluding ortho intramolecular Hbond substituents is 2. The molecular formula is C54H38N6O10. The third-order valence-electron chi connectivity index (χ3n) is 11.5. The number of carbonyl (C=O) groups excluding carboxylic acids is 2. The summed E-state index contributed by atoms with van der Waals surface area (Å²) in [6, 6.07) is 45.1. The first-order chi connectivity index (χ1) is 33.9. The van der Waals surface area contributed by atoms with E-state index in [0.717, 1.165) is 0 Å². The van der Waals surface area contributed by atoms with Crippen LogP contribution < -0.4 is 9.47 Å². The summed E-state index contributed by atoms with van der Waals surface area (Å²) in [6.45, 7) is 0. The van der Waals surface area contributed by atoms with Crippen molar-refractivity contribution in [1.29, 1.82) is 0 Å². The molecular weight excluding hydrogens is 893 g/mol. The summed E-state index contributed by atoms with van der Waals surface area (Å²) in [5.41, 5.74) is 5.10. The molecule has 9 rings (SSSR count). The highest BCUT2D eigenvalue weighted by atomic mass is 16.6. The van der Waals surface area contributed by atoms with Gasteiger partial charge < -0.3 is 19.7 Å². The van der Waals surface area contributed by atoms with Gasteiger partial charge in [0.25, 0.3) is 11.4 Å². The Morgan fingerprint density at radius 2 is 0.729 bits per heavy atom. The van der Waals surface area contributed by atoms with Gasteiger partial charge in [0.2, 0.25) is 0 Å². The van der Waals surface area contributed by atoms with Gasteiger partial charge in [0, 0.05) is 72.2 Å². The molecule has 16 nitrogen and oxygen atoms in total. The van der Waals surface area contributed by atoms with Crippen LogP contribution in [-0.2, 0) is 25.7 Å². The normalized spacial score (nSPS) is 12.1.